The lowest BCUT2D eigenvalue weighted by Crippen LogP contribution is -2.53. The van der Waals surface area contributed by atoms with Crippen molar-refractivity contribution < 1.29 is 18.0 Å². The maximum absolute atomic E-state index is 12.9. The van der Waals surface area contributed by atoms with Gasteiger partial charge in [0.1, 0.15) is 0 Å². The normalized spacial score (nSPS) is 14.8. The van der Waals surface area contributed by atoms with Gasteiger partial charge in [0, 0.05) is 32.7 Å². The average Bonchev–Trinajstić information content (AvgIpc) is 2.82. The van der Waals surface area contributed by atoms with Gasteiger partial charge in [0.25, 0.3) is 0 Å². The molecule has 1 aliphatic heterocycles. The highest BCUT2D eigenvalue weighted by Crippen LogP contribution is 2.21. The number of piperazine rings is 1. The maximum atomic E-state index is 12.9. The van der Waals surface area contributed by atoms with E-state index in [0.29, 0.717) is 12.5 Å². The van der Waals surface area contributed by atoms with E-state index in [2.05, 4.69) is 24.5 Å². The van der Waals surface area contributed by atoms with Crippen LogP contribution in [0, 0.1) is 6.92 Å². The molecule has 0 aromatic heterocycles. The van der Waals surface area contributed by atoms with Gasteiger partial charge in [-0.2, -0.15) is 4.31 Å². The number of hydrogen-bond donors (Lipinski definition) is 2. The number of carbonyl (C=O) groups is 2. The number of urea groups is 1. The summed E-state index contributed by atoms with van der Waals surface area (Å²) in [5.41, 5.74) is 3.20. The Bertz CT molecular complexity index is 1060. The van der Waals surface area contributed by atoms with Crippen molar-refractivity contribution in [2.24, 2.45) is 0 Å². The predicted molar refractivity (Wildman–Crippen MR) is 127 cm³/mol. The largest absolute Gasteiger partial charge is 0.339 e. The maximum Gasteiger partial charge on any atom is 0.315 e. The molecule has 2 aromatic rings. The lowest BCUT2D eigenvalue weighted by Gasteiger charge is -2.34. The Morgan fingerprint density at radius 3 is 2.09 bits per heavy atom. The van der Waals surface area contributed by atoms with E-state index in [1.807, 2.05) is 43.3 Å². The Labute approximate surface area is 196 Å². The molecular weight excluding hydrogens is 440 g/mol. The molecule has 0 saturated carbocycles. The summed E-state index contributed by atoms with van der Waals surface area (Å²) in [6.45, 7) is 7.36. The van der Waals surface area contributed by atoms with Gasteiger partial charge in [0.05, 0.1) is 11.4 Å². The van der Waals surface area contributed by atoms with Crippen molar-refractivity contribution in [3.8, 4) is 0 Å². The third-order valence-corrected chi connectivity index (χ3v) is 7.66. The summed E-state index contributed by atoms with van der Waals surface area (Å²) in [6, 6.07) is 14.4. The van der Waals surface area contributed by atoms with Crippen LogP contribution in [-0.2, 0) is 21.4 Å². The van der Waals surface area contributed by atoms with Crippen LogP contribution in [0.2, 0.25) is 0 Å². The van der Waals surface area contributed by atoms with Crippen molar-refractivity contribution in [3.63, 3.8) is 0 Å². The molecule has 2 aromatic carbocycles. The van der Waals surface area contributed by atoms with Gasteiger partial charge in [-0.25, -0.2) is 13.2 Å². The number of benzene rings is 2. The van der Waals surface area contributed by atoms with E-state index in [1.165, 1.54) is 4.31 Å². The zero-order valence-corrected chi connectivity index (χ0v) is 20.2. The third-order valence-electron chi connectivity index (χ3n) is 5.75. The molecule has 33 heavy (non-hydrogen) atoms. The molecule has 0 radical (unpaired) electrons. The number of carbonyl (C=O) groups excluding carboxylic acids is 2. The Balaban J connectivity index is 1.44. The zero-order valence-electron chi connectivity index (χ0n) is 19.4. The van der Waals surface area contributed by atoms with Crippen LogP contribution in [-0.4, -0.2) is 62.3 Å². The second-order valence-electron chi connectivity index (χ2n) is 8.53. The molecule has 0 unspecified atom stereocenters. The van der Waals surface area contributed by atoms with Crippen LogP contribution in [0.15, 0.2) is 53.4 Å². The number of aryl methyl sites for hydroxylation is 1. The topological polar surface area (TPSA) is 98.8 Å². The summed E-state index contributed by atoms with van der Waals surface area (Å²) in [5, 5.41) is 5.29. The summed E-state index contributed by atoms with van der Waals surface area (Å²) in [5.74, 6) is 0.0911. The molecule has 0 bridgehead atoms. The first kappa shape index (κ1) is 24.7. The van der Waals surface area contributed by atoms with Gasteiger partial charge in [-0.15, -0.1) is 0 Å². The molecule has 0 aliphatic carbocycles. The van der Waals surface area contributed by atoms with E-state index in [0.717, 1.165) is 16.7 Å². The summed E-state index contributed by atoms with van der Waals surface area (Å²) < 4.78 is 27.3. The molecule has 1 heterocycles. The van der Waals surface area contributed by atoms with Gasteiger partial charge in [0.2, 0.25) is 15.9 Å². The SMILES string of the molecule is Cc1ccc(CNC(=O)NCC(=O)N2CCN(S(=O)(=O)c3ccc(C(C)C)cc3)CC2)cc1. The third kappa shape index (κ3) is 6.55. The number of amides is 3. The standard InChI is InChI=1S/C24H32N4O4S/c1-18(2)21-8-10-22(11-9-21)33(31,32)28-14-12-27(13-15-28)23(29)17-26-24(30)25-16-20-6-4-19(3)5-7-20/h4-11,18H,12-17H2,1-3H3,(H2,25,26,30). The minimum Gasteiger partial charge on any atom is -0.339 e. The van der Waals surface area contributed by atoms with Crippen LogP contribution in [0.25, 0.3) is 0 Å². The number of hydrogen-bond acceptors (Lipinski definition) is 4. The fourth-order valence-corrected chi connectivity index (χ4v) is 4.99. The molecule has 2 N–H and O–H groups in total. The molecule has 178 valence electrons. The van der Waals surface area contributed by atoms with Crippen molar-refractivity contribution in [3.05, 3.63) is 65.2 Å². The van der Waals surface area contributed by atoms with Gasteiger partial charge in [0.15, 0.2) is 0 Å². The Morgan fingerprint density at radius 1 is 0.909 bits per heavy atom. The van der Waals surface area contributed by atoms with Crippen LogP contribution >= 0.6 is 0 Å². The summed E-state index contributed by atoms with van der Waals surface area (Å²) >= 11 is 0. The summed E-state index contributed by atoms with van der Waals surface area (Å²) in [7, 11) is -3.60. The molecule has 3 amide bonds. The van der Waals surface area contributed by atoms with Crippen LogP contribution in [0.1, 0.15) is 36.5 Å². The zero-order chi connectivity index (χ0) is 24.0. The number of sulfonamides is 1. The Morgan fingerprint density at radius 2 is 1.52 bits per heavy atom. The van der Waals surface area contributed by atoms with Gasteiger partial charge < -0.3 is 15.5 Å². The fraction of sp³-hybridized carbons (Fsp3) is 0.417. The van der Waals surface area contributed by atoms with Crippen molar-refractivity contribution in [1.29, 1.82) is 0 Å². The van der Waals surface area contributed by atoms with E-state index >= 15 is 0 Å². The predicted octanol–water partition coefficient (Wildman–Crippen LogP) is 2.45. The van der Waals surface area contributed by atoms with E-state index in [9.17, 15) is 18.0 Å². The highest BCUT2D eigenvalue weighted by atomic mass is 32.2. The van der Waals surface area contributed by atoms with Crippen molar-refractivity contribution in [1.82, 2.24) is 19.8 Å². The highest BCUT2D eigenvalue weighted by molar-refractivity contribution is 7.89. The van der Waals surface area contributed by atoms with Crippen molar-refractivity contribution in [2.45, 2.75) is 38.1 Å². The van der Waals surface area contributed by atoms with Gasteiger partial charge >= 0.3 is 6.03 Å². The number of rotatable bonds is 7. The molecule has 1 aliphatic rings. The van der Waals surface area contributed by atoms with E-state index in [4.69, 9.17) is 0 Å². The molecular formula is C24H32N4O4S. The minimum absolute atomic E-state index is 0.136. The Hall–Kier alpha value is -2.91. The molecule has 3 rings (SSSR count). The molecule has 8 nitrogen and oxygen atoms in total. The second kappa shape index (κ2) is 10.8. The highest BCUT2D eigenvalue weighted by Gasteiger charge is 2.30. The van der Waals surface area contributed by atoms with E-state index < -0.39 is 16.1 Å². The minimum atomic E-state index is -3.60. The van der Waals surface area contributed by atoms with Crippen molar-refractivity contribution >= 4 is 22.0 Å². The van der Waals surface area contributed by atoms with Gasteiger partial charge in [-0.3, -0.25) is 4.79 Å². The molecule has 1 fully saturated rings. The monoisotopic (exact) mass is 472 g/mol. The van der Waals surface area contributed by atoms with Crippen LogP contribution in [0.5, 0.6) is 0 Å². The van der Waals surface area contributed by atoms with Gasteiger partial charge in [-0.05, 0) is 36.1 Å². The molecule has 1 saturated heterocycles. The first-order chi connectivity index (χ1) is 15.7. The second-order valence-corrected chi connectivity index (χ2v) is 10.5. The number of nitrogens with zero attached hydrogens (tertiary/aromatic N) is 2. The summed E-state index contributed by atoms with van der Waals surface area (Å²) in [6.07, 6.45) is 0. The van der Waals surface area contributed by atoms with Gasteiger partial charge in [-0.1, -0.05) is 55.8 Å². The lowest BCUT2D eigenvalue weighted by atomic mass is 10.0. The summed E-state index contributed by atoms with van der Waals surface area (Å²) in [4.78, 5) is 26.3. The first-order valence-corrected chi connectivity index (χ1v) is 12.6. The van der Waals surface area contributed by atoms with Crippen LogP contribution in [0.3, 0.4) is 0 Å². The smallest absolute Gasteiger partial charge is 0.315 e. The quantitative estimate of drug-likeness (QED) is 0.647. The average molecular weight is 473 g/mol. The molecule has 0 atom stereocenters. The molecule has 0 spiro atoms. The van der Waals surface area contributed by atoms with E-state index in [1.54, 1.807) is 17.0 Å². The van der Waals surface area contributed by atoms with Crippen LogP contribution in [0.4, 0.5) is 4.79 Å². The van der Waals surface area contributed by atoms with E-state index in [-0.39, 0.29) is 43.5 Å². The molecule has 9 heteroatoms. The fourth-order valence-electron chi connectivity index (χ4n) is 3.57. The van der Waals surface area contributed by atoms with Crippen molar-refractivity contribution in [2.75, 3.05) is 32.7 Å². The van der Waals surface area contributed by atoms with Crippen LogP contribution < -0.4 is 10.6 Å². The first-order valence-electron chi connectivity index (χ1n) is 11.1. The lowest BCUT2D eigenvalue weighted by molar-refractivity contribution is -0.131. The Kier molecular flexibility index (Phi) is 8.10. The number of nitrogens with one attached hydrogen (secondary N) is 2.